The fourth-order valence-electron chi connectivity index (χ4n) is 2.53. The average molecular weight is 330 g/mol. The van der Waals surface area contributed by atoms with Crippen molar-refractivity contribution in [3.63, 3.8) is 0 Å². The maximum absolute atomic E-state index is 6.44. The van der Waals surface area contributed by atoms with Crippen molar-refractivity contribution in [1.82, 2.24) is 9.55 Å². The standard InChI is InChI=1S/C16H16BrN3/c1-2-20-14-10-6-5-9-13(14)19-16(20)15(18)11-7-3-4-8-12(11)17/h3-10,15H,2,18H2,1H3. The largest absolute Gasteiger partial charge is 0.327 e. The van der Waals surface area contributed by atoms with E-state index in [0.29, 0.717) is 0 Å². The van der Waals surface area contributed by atoms with Gasteiger partial charge in [-0.15, -0.1) is 0 Å². The summed E-state index contributed by atoms with van der Waals surface area (Å²) in [5.74, 6) is 0.903. The molecule has 1 atom stereocenters. The van der Waals surface area contributed by atoms with E-state index in [1.54, 1.807) is 0 Å². The van der Waals surface area contributed by atoms with Crippen molar-refractivity contribution in [3.05, 3.63) is 64.4 Å². The molecule has 0 aliphatic carbocycles. The molecule has 0 radical (unpaired) electrons. The summed E-state index contributed by atoms with van der Waals surface area (Å²) in [5, 5.41) is 0. The SMILES string of the molecule is CCn1c(C(N)c2ccccc2Br)nc2ccccc21. The molecule has 0 spiro atoms. The Balaban J connectivity index is 2.17. The molecule has 0 aliphatic heterocycles. The van der Waals surface area contributed by atoms with Crippen molar-refractivity contribution < 1.29 is 0 Å². The van der Waals surface area contributed by atoms with Gasteiger partial charge in [0.2, 0.25) is 0 Å². The van der Waals surface area contributed by atoms with Crippen molar-refractivity contribution in [2.45, 2.75) is 19.5 Å². The number of aromatic nitrogens is 2. The summed E-state index contributed by atoms with van der Waals surface area (Å²) in [4.78, 5) is 4.72. The van der Waals surface area contributed by atoms with Gasteiger partial charge in [-0.3, -0.25) is 0 Å². The Labute approximate surface area is 126 Å². The van der Waals surface area contributed by atoms with Crippen LogP contribution in [0.2, 0.25) is 0 Å². The first-order chi connectivity index (χ1) is 9.72. The zero-order chi connectivity index (χ0) is 14.1. The molecular weight excluding hydrogens is 314 g/mol. The molecule has 4 heteroatoms. The second-order valence-corrected chi connectivity index (χ2v) is 5.56. The number of fused-ring (bicyclic) bond motifs is 1. The third kappa shape index (κ3) is 2.15. The topological polar surface area (TPSA) is 43.8 Å². The highest BCUT2D eigenvalue weighted by molar-refractivity contribution is 9.10. The minimum absolute atomic E-state index is 0.238. The van der Waals surface area contributed by atoms with E-state index >= 15 is 0 Å². The van der Waals surface area contributed by atoms with E-state index in [4.69, 9.17) is 10.7 Å². The van der Waals surface area contributed by atoms with E-state index < -0.39 is 0 Å². The van der Waals surface area contributed by atoms with Crippen LogP contribution < -0.4 is 5.73 Å². The Morgan fingerprint density at radius 2 is 1.85 bits per heavy atom. The maximum atomic E-state index is 6.44. The van der Waals surface area contributed by atoms with E-state index in [-0.39, 0.29) is 6.04 Å². The highest BCUT2D eigenvalue weighted by Gasteiger charge is 2.19. The van der Waals surface area contributed by atoms with Gasteiger partial charge in [-0.1, -0.05) is 46.3 Å². The predicted octanol–water partition coefficient (Wildman–Crippen LogP) is 3.87. The molecule has 0 fully saturated rings. The number of rotatable bonds is 3. The van der Waals surface area contributed by atoms with Crippen LogP contribution in [-0.2, 0) is 6.54 Å². The van der Waals surface area contributed by atoms with Crippen LogP contribution in [0.3, 0.4) is 0 Å². The number of benzene rings is 2. The molecule has 20 heavy (non-hydrogen) atoms. The van der Waals surface area contributed by atoms with Gasteiger partial charge in [0.15, 0.2) is 0 Å². The second kappa shape index (κ2) is 5.38. The normalized spacial score (nSPS) is 12.8. The lowest BCUT2D eigenvalue weighted by molar-refractivity contribution is 0.670. The van der Waals surface area contributed by atoms with E-state index in [1.165, 1.54) is 0 Å². The molecule has 0 saturated heterocycles. The number of aryl methyl sites for hydroxylation is 1. The zero-order valence-electron chi connectivity index (χ0n) is 11.3. The van der Waals surface area contributed by atoms with Gasteiger partial charge in [0, 0.05) is 11.0 Å². The Morgan fingerprint density at radius 1 is 1.15 bits per heavy atom. The Hall–Kier alpha value is -1.65. The molecule has 1 heterocycles. The van der Waals surface area contributed by atoms with Gasteiger partial charge in [0.05, 0.1) is 17.1 Å². The fraction of sp³-hybridized carbons (Fsp3) is 0.188. The van der Waals surface area contributed by atoms with Crippen LogP contribution in [0.5, 0.6) is 0 Å². The molecule has 1 aromatic heterocycles. The molecule has 0 saturated carbocycles. The quantitative estimate of drug-likeness (QED) is 0.792. The lowest BCUT2D eigenvalue weighted by Gasteiger charge is -2.15. The van der Waals surface area contributed by atoms with E-state index in [9.17, 15) is 0 Å². The summed E-state index contributed by atoms with van der Waals surface area (Å²) in [6.07, 6.45) is 0. The monoisotopic (exact) mass is 329 g/mol. The number of nitrogens with zero attached hydrogens (tertiary/aromatic N) is 2. The van der Waals surface area contributed by atoms with Crippen LogP contribution in [0.25, 0.3) is 11.0 Å². The van der Waals surface area contributed by atoms with Gasteiger partial charge >= 0.3 is 0 Å². The molecule has 0 aliphatic rings. The molecule has 0 amide bonds. The predicted molar refractivity (Wildman–Crippen MR) is 85.6 cm³/mol. The van der Waals surface area contributed by atoms with Crippen molar-refractivity contribution in [2.75, 3.05) is 0 Å². The summed E-state index contributed by atoms with van der Waals surface area (Å²) in [6, 6.07) is 15.9. The summed E-state index contributed by atoms with van der Waals surface area (Å²) >= 11 is 3.57. The number of nitrogens with two attached hydrogens (primary N) is 1. The third-order valence-electron chi connectivity index (χ3n) is 3.52. The average Bonchev–Trinajstić information content (AvgIpc) is 2.85. The van der Waals surface area contributed by atoms with Gasteiger partial charge in [0.1, 0.15) is 5.82 Å². The lowest BCUT2D eigenvalue weighted by atomic mass is 10.1. The Morgan fingerprint density at radius 3 is 2.60 bits per heavy atom. The molecule has 1 unspecified atom stereocenters. The Kier molecular flexibility index (Phi) is 3.59. The number of para-hydroxylation sites is 2. The minimum atomic E-state index is -0.238. The van der Waals surface area contributed by atoms with Gasteiger partial charge in [0.25, 0.3) is 0 Å². The van der Waals surface area contributed by atoms with Crippen LogP contribution in [0.4, 0.5) is 0 Å². The highest BCUT2D eigenvalue weighted by Crippen LogP contribution is 2.28. The van der Waals surface area contributed by atoms with Crippen LogP contribution in [0.1, 0.15) is 24.4 Å². The first-order valence-corrected chi connectivity index (χ1v) is 7.47. The number of imidazole rings is 1. The second-order valence-electron chi connectivity index (χ2n) is 4.70. The molecule has 3 aromatic rings. The zero-order valence-corrected chi connectivity index (χ0v) is 12.8. The Bertz CT molecular complexity index is 748. The number of halogens is 1. The van der Waals surface area contributed by atoms with Crippen LogP contribution in [0, 0.1) is 0 Å². The summed E-state index contributed by atoms with van der Waals surface area (Å²) in [6.45, 7) is 2.97. The summed E-state index contributed by atoms with van der Waals surface area (Å²) in [7, 11) is 0. The van der Waals surface area contributed by atoms with Crippen LogP contribution >= 0.6 is 15.9 Å². The third-order valence-corrected chi connectivity index (χ3v) is 4.24. The van der Waals surface area contributed by atoms with Gasteiger partial charge in [-0.25, -0.2) is 4.98 Å². The number of hydrogen-bond donors (Lipinski definition) is 1. The van der Waals surface area contributed by atoms with Crippen molar-refractivity contribution in [1.29, 1.82) is 0 Å². The first-order valence-electron chi connectivity index (χ1n) is 6.67. The van der Waals surface area contributed by atoms with Crippen molar-refractivity contribution in [3.8, 4) is 0 Å². The fourth-order valence-corrected chi connectivity index (χ4v) is 3.06. The molecule has 3 nitrogen and oxygen atoms in total. The lowest BCUT2D eigenvalue weighted by Crippen LogP contribution is -2.18. The molecule has 102 valence electrons. The van der Waals surface area contributed by atoms with Gasteiger partial charge in [-0.2, -0.15) is 0 Å². The maximum Gasteiger partial charge on any atom is 0.131 e. The highest BCUT2D eigenvalue weighted by atomic mass is 79.9. The minimum Gasteiger partial charge on any atom is -0.327 e. The molecule has 2 aromatic carbocycles. The van der Waals surface area contributed by atoms with Crippen molar-refractivity contribution >= 4 is 27.0 Å². The smallest absolute Gasteiger partial charge is 0.131 e. The summed E-state index contributed by atoms with van der Waals surface area (Å²) < 4.78 is 3.20. The summed E-state index contributed by atoms with van der Waals surface area (Å²) in [5.41, 5.74) is 9.62. The first kappa shape index (κ1) is 13.3. The number of hydrogen-bond acceptors (Lipinski definition) is 2. The van der Waals surface area contributed by atoms with Gasteiger partial charge < -0.3 is 10.3 Å². The van der Waals surface area contributed by atoms with Crippen molar-refractivity contribution in [2.24, 2.45) is 5.73 Å². The molecular formula is C16H16BrN3. The van der Waals surface area contributed by atoms with Crippen LogP contribution in [-0.4, -0.2) is 9.55 Å². The van der Waals surface area contributed by atoms with E-state index in [2.05, 4.69) is 33.5 Å². The molecule has 3 rings (SSSR count). The van der Waals surface area contributed by atoms with E-state index in [1.807, 2.05) is 42.5 Å². The van der Waals surface area contributed by atoms with Gasteiger partial charge in [-0.05, 0) is 30.7 Å². The molecule has 2 N–H and O–H groups in total. The van der Waals surface area contributed by atoms with E-state index in [0.717, 1.165) is 33.4 Å². The molecule has 0 bridgehead atoms. The van der Waals surface area contributed by atoms with Crippen LogP contribution in [0.15, 0.2) is 53.0 Å².